The molecule has 0 unspecified atom stereocenters. The van der Waals surface area contributed by atoms with E-state index >= 15 is 0 Å². The number of rotatable bonds is 2. The van der Waals surface area contributed by atoms with Gasteiger partial charge in [-0.15, -0.1) is 0 Å². The van der Waals surface area contributed by atoms with Gasteiger partial charge in [0.1, 0.15) is 11.3 Å². The standard InChI is InChI=1S/C10H5ClF4N2O.C2H6/c11-9-8-6(7(12)3-17-9)1-5(2-16-8)18-4-10(13,14)15;1-2/h1-3H,4H2;1-2H3. The molecule has 0 bridgehead atoms. The summed E-state index contributed by atoms with van der Waals surface area (Å²) in [6.07, 6.45) is -2.58. The molecule has 8 heteroatoms. The van der Waals surface area contributed by atoms with Gasteiger partial charge in [-0.25, -0.2) is 14.4 Å². The fourth-order valence-corrected chi connectivity index (χ4v) is 1.48. The Morgan fingerprint density at radius 1 is 1.20 bits per heavy atom. The minimum absolute atomic E-state index is 0.0335. The molecule has 0 aromatic carbocycles. The minimum Gasteiger partial charge on any atom is -0.482 e. The van der Waals surface area contributed by atoms with Crippen LogP contribution in [-0.2, 0) is 0 Å². The number of fused-ring (bicyclic) bond motifs is 1. The number of hydrogen-bond donors (Lipinski definition) is 0. The second kappa shape index (κ2) is 6.69. The molecule has 3 nitrogen and oxygen atoms in total. The topological polar surface area (TPSA) is 35.0 Å². The summed E-state index contributed by atoms with van der Waals surface area (Å²) >= 11 is 5.67. The van der Waals surface area contributed by atoms with E-state index in [1.807, 2.05) is 13.8 Å². The monoisotopic (exact) mass is 310 g/mol. The van der Waals surface area contributed by atoms with E-state index in [1.54, 1.807) is 0 Å². The van der Waals surface area contributed by atoms with Crippen LogP contribution < -0.4 is 4.74 Å². The summed E-state index contributed by atoms with van der Waals surface area (Å²) in [6, 6.07) is 1.09. The van der Waals surface area contributed by atoms with E-state index in [1.165, 1.54) is 0 Å². The van der Waals surface area contributed by atoms with E-state index in [4.69, 9.17) is 11.6 Å². The van der Waals surface area contributed by atoms with Gasteiger partial charge in [0, 0.05) is 5.39 Å². The summed E-state index contributed by atoms with van der Waals surface area (Å²) in [5.74, 6) is -0.930. The summed E-state index contributed by atoms with van der Waals surface area (Å²) in [7, 11) is 0. The Morgan fingerprint density at radius 2 is 1.85 bits per heavy atom. The van der Waals surface area contributed by atoms with Gasteiger partial charge >= 0.3 is 6.18 Å². The van der Waals surface area contributed by atoms with Crippen LogP contribution in [0.1, 0.15) is 13.8 Å². The highest BCUT2D eigenvalue weighted by Crippen LogP contribution is 2.26. The van der Waals surface area contributed by atoms with Crippen molar-refractivity contribution in [3.8, 4) is 5.75 Å². The van der Waals surface area contributed by atoms with Gasteiger partial charge in [-0.3, -0.25) is 0 Å². The predicted molar refractivity (Wildman–Crippen MR) is 67.4 cm³/mol. The molecule has 0 saturated heterocycles. The molecule has 0 atom stereocenters. The van der Waals surface area contributed by atoms with E-state index < -0.39 is 18.6 Å². The second-order valence-electron chi connectivity index (χ2n) is 3.37. The Morgan fingerprint density at radius 3 is 2.45 bits per heavy atom. The molecule has 110 valence electrons. The average molecular weight is 311 g/mol. The van der Waals surface area contributed by atoms with Gasteiger partial charge in [0.25, 0.3) is 0 Å². The first-order valence-corrected chi connectivity index (χ1v) is 6.04. The predicted octanol–water partition coefficient (Wildman–Crippen LogP) is 4.39. The van der Waals surface area contributed by atoms with Crippen LogP contribution in [0.25, 0.3) is 10.9 Å². The maximum atomic E-state index is 13.4. The van der Waals surface area contributed by atoms with Crippen molar-refractivity contribution < 1.29 is 22.3 Å². The third kappa shape index (κ3) is 4.19. The first-order valence-electron chi connectivity index (χ1n) is 5.66. The molecule has 2 aromatic rings. The lowest BCUT2D eigenvalue weighted by Gasteiger charge is -2.09. The molecular weight excluding hydrogens is 300 g/mol. The van der Waals surface area contributed by atoms with Crippen molar-refractivity contribution in [3.05, 3.63) is 29.4 Å². The van der Waals surface area contributed by atoms with E-state index in [0.717, 1.165) is 18.5 Å². The summed E-state index contributed by atoms with van der Waals surface area (Å²) in [5.41, 5.74) is 0.0658. The Balaban J connectivity index is 0.000000956. The lowest BCUT2D eigenvalue weighted by atomic mass is 10.2. The van der Waals surface area contributed by atoms with Gasteiger partial charge in [-0.2, -0.15) is 13.2 Å². The molecule has 0 radical (unpaired) electrons. The van der Waals surface area contributed by atoms with Crippen LogP contribution in [0.3, 0.4) is 0 Å². The Bertz CT molecular complexity index is 589. The molecule has 0 aliphatic rings. The lowest BCUT2D eigenvalue weighted by Crippen LogP contribution is -2.19. The fraction of sp³-hybridized carbons (Fsp3) is 0.333. The van der Waals surface area contributed by atoms with Crippen LogP contribution in [0.5, 0.6) is 5.75 Å². The van der Waals surface area contributed by atoms with Gasteiger partial charge in [-0.1, -0.05) is 25.4 Å². The average Bonchev–Trinajstić information content (AvgIpc) is 2.42. The van der Waals surface area contributed by atoms with Crippen LogP contribution in [0, 0.1) is 5.82 Å². The maximum Gasteiger partial charge on any atom is 0.422 e. The molecule has 2 rings (SSSR count). The molecule has 0 fully saturated rings. The maximum absolute atomic E-state index is 13.4. The third-order valence-corrected chi connectivity index (χ3v) is 2.29. The first kappa shape index (κ1) is 16.4. The summed E-state index contributed by atoms with van der Waals surface area (Å²) in [6.45, 7) is 2.53. The highest BCUT2D eigenvalue weighted by Gasteiger charge is 2.28. The molecule has 20 heavy (non-hydrogen) atoms. The fourth-order valence-electron chi connectivity index (χ4n) is 1.28. The van der Waals surface area contributed by atoms with Gasteiger partial charge in [0.05, 0.1) is 12.4 Å². The first-order chi connectivity index (χ1) is 9.37. The third-order valence-electron chi connectivity index (χ3n) is 2.01. The normalized spacial score (nSPS) is 10.9. The number of ether oxygens (including phenoxy) is 1. The smallest absolute Gasteiger partial charge is 0.422 e. The number of alkyl halides is 3. The van der Waals surface area contributed by atoms with Crippen LogP contribution >= 0.6 is 11.6 Å². The zero-order valence-corrected chi connectivity index (χ0v) is 11.4. The van der Waals surface area contributed by atoms with Crippen molar-refractivity contribution >= 4 is 22.5 Å². The highest BCUT2D eigenvalue weighted by atomic mass is 35.5. The summed E-state index contributed by atoms with van der Waals surface area (Å²) in [5, 5.41) is -0.0801. The molecule has 2 aromatic heterocycles. The van der Waals surface area contributed by atoms with Gasteiger partial charge in [-0.05, 0) is 6.07 Å². The lowest BCUT2D eigenvalue weighted by molar-refractivity contribution is -0.153. The quantitative estimate of drug-likeness (QED) is 0.609. The zero-order valence-electron chi connectivity index (χ0n) is 10.6. The largest absolute Gasteiger partial charge is 0.482 e. The van der Waals surface area contributed by atoms with E-state index in [2.05, 4.69) is 14.7 Å². The Labute approximate surface area is 117 Å². The molecule has 0 saturated carbocycles. The number of aromatic nitrogens is 2. The van der Waals surface area contributed by atoms with Crippen molar-refractivity contribution in [1.82, 2.24) is 9.97 Å². The molecule has 0 aliphatic heterocycles. The van der Waals surface area contributed by atoms with Crippen LogP contribution in [0.15, 0.2) is 18.5 Å². The molecule has 0 spiro atoms. The van der Waals surface area contributed by atoms with E-state index in [9.17, 15) is 17.6 Å². The van der Waals surface area contributed by atoms with Crippen molar-refractivity contribution in [1.29, 1.82) is 0 Å². The highest BCUT2D eigenvalue weighted by molar-refractivity contribution is 6.33. The van der Waals surface area contributed by atoms with E-state index in [0.29, 0.717) is 0 Å². The summed E-state index contributed by atoms with van der Waals surface area (Å²) in [4.78, 5) is 7.24. The molecule has 0 amide bonds. The number of nitrogens with zero attached hydrogens (tertiary/aromatic N) is 2. The molecular formula is C12H11ClF4N2O. The molecule has 0 aliphatic carbocycles. The second-order valence-corrected chi connectivity index (χ2v) is 3.73. The SMILES string of the molecule is CC.Fc1cnc(Cl)c2ncc(OCC(F)(F)F)cc12. The zero-order chi connectivity index (χ0) is 15.3. The van der Waals surface area contributed by atoms with Crippen molar-refractivity contribution in [2.45, 2.75) is 20.0 Å². The molecule has 2 heterocycles. The van der Waals surface area contributed by atoms with Gasteiger partial charge in [0.2, 0.25) is 0 Å². The summed E-state index contributed by atoms with van der Waals surface area (Å²) < 4.78 is 53.7. The van der Waals surface area contributed by atoms with E-state index in [-0.39, 0.29) is 21.8 Å². The van der Waals surface area contributed by atoms with Crippen LogP contribution in [-0.4, -0.2) is 22.8 Å². The van der Waals surface area contributed by atoms with Gasteiger partial charge < -0.3 is 4.74 Å². The number of hydrogen-bond acceptors (Lipinski definition) is 3. The number of pyridine rings is 2. The Hall–Kier alpha value is -1.63. The van der Waals surface area contributed by atoms with Crippen LogP contribution in [0.2, 0.25) is 5.15 Å². The number of halogens is 5. The minimum atomic E-state index is -4.47. The Kier molecular flexibility index (Phi) is 5.50. The van der Waals surface area contributed by atoms with Gasteiger partial charge in [0.15, 0.2) is 17.6 Å². The van der Waals surface area contributed by atoms with Crippen molar-refractivity contribution in [3.63, 3.8) is 0 Å². The van der Waals surface area contributed by atoms with Crippen molar-refractivity contribution in [2.24, 2.45) is 0 Å². The van der Waals surface area contributed by atoms with Crippen molar-refractivity contribution in [2.75, 3.05) is 6.61 Å². The molecule has 0 N–H and O–H groups in total. The van der Waals surface area contributed by atoms with Crippen LogP contribution in [0.4, 0.5) is 17.6 Å².